The van der Waals surface area contributed by atoms with E-state index < -0.39 is 0 Å². The molecule has 0 aromatic carbocycles. The molecule has 3 rings (SSSR count). The first-order valence-electron chi connectivity index (χ1n) is 6.99. The van der Waals surface area contributed by atoms with Gasteiger partial charge in [-0.2, -0.15) is 0 Å². The Bertz CT molecular complexity index is 555. The van der Waals surface area contributed by atoms with Gasteiger partial charge in [0.1, 0.15) is 6.54 Å². The molecule has 7 nitrogen and oxygen atoms in total. The van der Waals surface area contributed by atoms with Crippen LogP contribution in [0.2, 0.25) is 0 Å². The zero-order chi connectivity index (χ0) is 14.8. The van der Waals surface area contributed by atoms with Crippen LogP contribution in [0.3, 0.4) is 0 Å². The van der Waals surface area contributed by atoms with Crippen LogP contribution in [0, 0.1) is 0 Å². The van der Waals surface area contributed by atoms with Crippen molar-refractivity contribution >= 4 is 17.6 Å². The van der Waals surface area contributed by atoms with Gasteiger partial charge in [0.2, 0.25) is 5.91 Å². The summed E-state index contributed by atoms with van der Waals surface area (Å²) in [5.41, 5.74) is 0. The predicted molar refractivity (Wildman–Crippen MR) is 73.9 cm³/mol. The lowest BCUT2D eigenvalue weighted by Crippen LogP contribution is -2.49. The second-order valence-corrected chi connectivity index (χ2v) is 5.21. The lowest BCUT2D eigenvalue weighted by Gasteiger charge is -2.33. The number of carbonyl (C=O) groups excluding carboxylic acids is 2. The van der Waals surface area contributed by atoms with Crippen LogP contribution in [0.1, 0.15) is 12.8 Å². The van der Waals surface area contributed by atoms with Gasteiger partial charge in [-0.25, -0.2) is 4.98 Å². The molecule has 0 spiro atoms. The second kappa shape index (κ2) is 5.69. The number of aliphatic hydroxyl groups excluding tert-OH is 1. The standard InChI is InChI=1S/C14H17N3O4/c18-10-3-6-16(7-4-10)12(19)8-17-13(20)9-21-11-2-1-5-15-14(11)17/h1-2,5,10,18H,3-4,6-9H2. The van der Waals surface area contributed by atoms with E-state index >= 15 is 0 Å². The highest BCUT2D eigenvalue weighted by Crippen LogP contribution is 2.28. The summed E-state index contributed by atoms with van der Waals surface area (Å²) >= 11 is 0. The van der Waals surface area contributed by atoms with Crippen LogP contribution >= 0.6 is 0 Å². The first-order chi connectivity index (χ1) is 10.1. The van der Waals surface area contributed by atoms with E-state index in [1.807, 2.05) is 0 Å². The highest BCUT2D eigenvalue weighted by atomic mass is 16.5. The number of hydrogen-bond acceptors (Lipinski definition) is 5. The largest absolute Gasteiger partial charge is 0.480 e. The number of anilines is 1. The van der Waals surface area contributed by atoms with Gasteiger partial charge in [-0.1, -0.05) is 0 Å². The number of amides is 2. The molecule has 0 unspecified atom stereocenters. The molecule has 0 bridgehead atoms. The number of hydrogen-bond donors (Lipinski definition) is 1. The molecule has 0 atom stereocenters. The van der Waals surface area contributed by atoms with Crippen molar-refractivity contribution in [2.75, 3.05) is 31.1 Å². The van der Waals surface area contributed by atoms with Crippen molar-refractivity contribution in [3.05, 3.63) is 18.3 Å². The zero-order valence-corrected chi connectivity index (χ0v) is 11.6. The number of carbonyl (C=O) groups is 2. The number of fused-ring (bicyclic) bond motifs is 1. The quantitative estimate of drug-likeness (QED) is 0.815. The third-order valence-corrected chi connectivity index (χ3v) is 3.77. The Balaban J connectivity index is 1.72. The van der Waals surface area contributed by atoms with E-state index in [-0.39, 0.29) is 31.1 Å². The highest BCUT2D eigenvalue weighted by molar-refractivity contribution is 6.01. The molecule has 2 aliphatic heterocycles. The average molecular weight is 291 g/mol. The molecule has 1 saturated heterocycles. The molecule has 1 aromatic heterocycles. The summed E-state index contributed by atoms with van der Waals surface area (Å²) in [6, 6.07) is 3.45. The monoisotopic (exact) mass is 291 g/mol. The van der Waals surface area contributed by atoms with E-state index in [1.54, 1.807) is 23.2 Å². The number of likely N-dealkylation sites (tertiary alicyclic amines) is 1. The number of aromatic nitrogens is 1. The molecule has 112 valence electrons. The minimum atomic E-state index is -0.332. The fourth-order valence-electron chi connectivity index (χ4n) is 2.55. The normalized spacial score (nSPS) is 19.2. The maximum Gasteiger partial charge on any atom is 0.266 e. The maximum atomic E-state index is 12.3. The van der Waals surface area contributed by atoms with Crippen LogP contribution in [-0.4, -0.2) is 59.1 Å². The zero-order valence-electron chi connectivity index (χ0n) is 11.6. The lowest BCUT2D eigenvalue weighted by atomic mass is 10.1. The van der Waals surface area contributed by atoms with Crippen LogP contribution in [0.25, 0.3) is 0 Å². The summed E-state index contributed by atoms with van der Waals surface area (Å²) in [5, 5.41) is 9.47. The van der Waals surface area contributed by atoms with Crippen LogP contribution in [0.4, 0.5) is 5.82 Å². The molecule has 2 amide bonds. The number of pyridine rings is 1. The Hall–Kier alpha value is -2.15. The van der Waals surface area contributed by atoms with Crippen LogP contribution in [0.15, 0.2) is 18.3 Å². The number of ether oxygens (including phenoxy) is 1. The summed E-state index contributed by atoms with van der Waals surface area (Å²) in [6.07, 6.45) is 2.39. The summed E-state index contributed by atoms with van der Waals surface area (Å²) in [4.78, 5) is 31.5. The molecule has 1 N–H and O–H groups in total. The molecule has 21 heavy (non-hydrogen) atoms. The van der Waals surface area contributed by atoms with Gasteiger partial charge in [0.05, 0.1) is 6.10 Å². The van der Waals surface area contributed by atoms with Crippen LogP contribution in [0.5, 0.6) is 5.75 Å². The summed E-state index contributed by atoms with van der Waals surface area (Å²) < 4.78 is 5.30. The minimum absolute atomic E-state index is 0.0394. The van der Waals surface area contributed by atoms with Crippen LogP contribution in [-0.2, 0) is 9.59 Å². The summed E-state index contributed by atoms with van der Waals surface area (Å²) in [5.74, 6) is 0.499. The summed E-state index contributed by atoms with van der Waals surface area (Å²) in [6.45, 7) is 0.925. The van der Waals surface area contributed by atoms with Crippen molar-refractivity contribution in [3.63, 3.8) is 0 Å². The molecule has 1 aromatic rings. The van der Waals surface area contributed by atoms with E-state index in [0.717, 1.165) is 0 Å². The lowest BCUT2D eigenvalue weighted by molar-refractivity contribution is -0.133. The molecule has 2 aliphatic rings. The topological polar surface area (TPSA) is 83.0 Å². The van der Waals surface area contributed by atoms with Crippen LogP contribution < -0.4 is 9.64 Å². The van der Waals surface area contributed by atoms with Crippen molar-refractivity contribution in [2.45, 2.75) is 18.9 Å². The van der Waals surface area contributed by atoms with E-state index in [1.165, 1.54) is 4.90 Å². The number of nitrogens with zero attached hydrogens (tertiary/aromatic N) is 3. The first-order valence-corrected chi connectivity index (χ1v) is 6.99. The SMILES string of the molecule is O=C(CN1C(=O)COc2cccnc21)N1CCC(O)CC1. The minimum Gasteiger partial charge on any atom is -0.480 e. The summed E-state index contributed by atoms with van der Waals surface area (Å²) in [7, 11) is 0. The molecule has 7 heteroatoms. The predicted octanol–water partition coefficient (Wildman–Crippen LogP) is -0.210. The highest BCUT2D eigenvalue weighted by Gasteiger charge is 2.30. The maximum absolute atomic E-state index is 12.3. The second-order valence-electron chi connectivity index (χ2n) is 5.21. The molecule has 0 aliphatic carbocycles. The van der Waals surface area contributed by atoms with Crippen molar-refractivity contribution < 1.29 is 19.4 Å². The molecular weight excluding hydrogens is 274 g/mol. The van der Waals surface area contributed by atoms with Gasteiger partial charge in [0.15, 0.2) is 18.2 Å². The fraction of sp³-hybridized carbons (Fsp3) is 0.500. The van der Waals surface area contributed by atoms with Gasteiger partial charge in [0.25, 0.3) is 5.91 Å². The van der Waals surface area contributed by atoms with Gasteiger partial charge in [-0.05, 0) is 25.0 Å². The third kappa shape index (κ3) is 2.82. The van der Waals surface area contributed by atoms with Gasteiger partial charge < -0.3 is 14.7 Å². The van der Waals surface area contributed by atoms with E-state index in [4.69, 9.17) is 4.74 Å². The Kier molecular flexibility index (Phi) is 3.74. The van der Waals surface area contributed by atoms with Gasteiger partial charge in [-0.15, -0.1) is 0 Å². The molecule has 1 fully saturated rings. The average Bonchev–Trinajstić information content (AvgIpc) is 2.51. The number of piperidine rings is 1. The van der Waals surface area contributed by atoms with Crippen molar-refractivity contribution in [1.82, 2.24) is 9.88 Å². The Morgan fingerprint density at radius 1 is 1.43 bits per heavy atom. The van der Waals surface area contributed by atoms with Gasteiger partial charge >= 0.3 is 0 Å². The van der Waals surface area contributed by atoms with Gasteiger partial charge in [-0.3, -0.25) is 14.5 Å². The van der Waals surface area contributed by atoms with E-state index in [9.17, 15) is 14.7 Å². The molecular formula is C14H17N3O4. The Morgan fingerprint density at radius 2 is 2.19 bits per heavy atom. The smallest absolute Gasteiger partial charge is 0.266 e. The fourth-order valence-corrected chi connectivity index (χ4v) is 2.55. The number of aliphatic hydroxyl groups is 1. The molecule has 0 radical (unpaired) electrons. The molecule has 0 saturated carbocycles. The van der Waals surface area contributed by atoms with E-state index in [0.29, 0.717) is 37.5 Å². The number of rotatable bonds is 2. The van der Waals surface area contributed by atoms with E-state index in [2.05, 4.69) is 4.98 Å². The first kappa shape index (κ1) is 13.8. The van der Waals surface area contributed by atoms with Crippen molar-refractivity contribution in [1.29, 1.82) is 0 Å². The Morgan fingerprint density at radius 3 is 2.95 bits per heavy atom. The third-order valence-electron chi connectivity index (χ3n) is 3.77. The molecule has 3 heterocycles. The Labute approximate surface area is 122 Å². The van der Waals surface area contributed by atoms with Crippen molar-refractivity contribution in [2.24, 2.45) is 0 Å². The van der Waals surface area contributed by atoms with Gasteiger partial charge in [0, 0.05) is 19.3 Å². The van der Waals surface area contributed by atoms with Crippen molar-refractivity contribution in [3.8, 4) is 5.75 Å².